The monoisotopic (exact) mass is 286 g/mol. The summed E-state index contributed by atoms with van der Waals surface area (Å²) in [6.45, 7) is 4.25. The second kappa shape index (κ2) is 5.38. The number of amides is 2. The van der Waals surface area contributed by atoms with Crippen molar-refractivity contribution in [1.29, 1.82) is 0 Å². The predicted molar refractivity (Wildman–Crippen MR) is 71.6 cm³/mol. The molecule has 1 saturated heterocycles. The number of likely N-dealkylation sites (tertiary alicyclic amines) is 1. The molecule has 0 aliphatic carbocycles. The fraction of sp³-hybridized carbons (Fsp3) is 0.500. The Labute approximate surface area is 115 Å². The molecule has 4 nitrogen and oxygen atoms in total. The van der Waals surface area contributed by atoms with Gasteiger partial charge in [-0.25, -0.2) is 0 Å². The molecule has 18 heavy (non-hydrogen) atoms. The molecular formula is C12H15ClN2O2S. The van der Waals surface area contributed by atoms with Crippen LogP contribution in [0.3, 0.4) is 0 Å². The first-order valence-corrected chi connectivity index (χ1v) is 7.02. The molecule has 1 aliphatic rings. The van der Waals surface area contributed by atoms with E-state index in [0.29, 0.717) is 6.54 Å². The third-order valence-corrected chi connectivity index (χ3v) is 4.08. The van der Waals surface area contributed by atoms with Crippen LogP contribution >= 0.6 is 22.9 Å². The Kier molecular flexibility index (Phi) is 4.04. The zero-order chi connectivity index (χ0) is 13.3. The van der Waals surface area contributed by atoms with Crippen LogP contribution in [0.15, 0.2) is 12.1 Å². The number of thiophene rings is 1. The molecule has 1 atom stereocenters. The van der Waals surface area contributed by atoms with Crippen LogP contribution in [0.2, 0.25) is 4.34 Å². The molecular weight excluding hydrogens is 272 g/mol. The topological polar surface area (TPSA) is 49.4 Å². The first-order valence-electron chi connectivity index (χ1n) is 5.82. The Bertz CT molecular complexity index is 472. The third kappa shape index (κ3) is 2.74. The summed E-state index contributed by atoms with van der Waals surface area (Å²) in [4.78, 5) is 26.1. The molecule has 1 aromatic rings. The van der Waals surface area contributed by atoms with Gasteiger partial charge in [0.2, 0.25) is 11.8 Å². The highest BCUT2D eigenvalue weighted by Gasteiger charge is 2.39. The van der Waals surface area contributed by atoms with Crippen molar-refractivity contribution in [2.24, 2.45) is 0 Å². The van der Waals surface area contributed by atoms with Crippen LogP contribution in [-0.2, 0) is 16.1 Å². The molecule has 2 rings (SSSR count). The van der Waals surface area contributed by atoms with E-state index in [1.54, 1.807) is 0 Å². The fourth-order valence-electron chi connectivity index (χ4n) is 2.02. The Balaban J connectivity index is 1.95. The minimum absolute atomic E-state index is 0.0759. The number of halogens is 1. The summed E-state index contributed by atoms with van der Waals surface area (Å²) in [6.07, 6.45) is 0.246. The highest BCUT2D eigenvalue weighted by molar-refractivity contribution is 7.16. The third-order valence-electron chi connectivity index (χ3n) is 2.85. The van der Waals surface area contributed by atoms with Crippen LogP contribution in [0, 0.1) is 0 Å². The summed E-state index contributed by atoms with van der Waals surface area (Å²) >= 11 is 7.31. The van der Waals surface area contributed by atoms with E-state index >= 15 is 0 Å². The van der Waals surface area contributed by atoms with Gasteiger partial charge >= 0.3 is 0 Å². The lowest BCUT2D eigenvalue weighted by molar-refractivity contribution is -0.140. The molecule has 1 unspecified atom stereocenters. The minimum atomic E-state index is -0.402. The summed E-state index contributed by atoms with van der Waals surface area (Å²) in [6, 6.07) is 3.26. The van der Waals surface area contributed by atoms with E-state index in [1.807, 2.05) is 26.0 Å². The van der Waals surface area contributed by atoms with Crippen molar-refractivity contribution < 1.29 is 9.59 Å². The standard InChI is InChI=1S/C12H15ClN2O2S/c1-7(2)15-11(16)5-9(12(15)17)14-6-8-3-4-10(13)18-8/h3-4,7,9,14H,5-6H2,1-2H3. The van der Waals surface area contributed by atoms with E-state index in [9.17, 15) is 9.59 Å². The first-order chi connectivity index (χ1) is 8.49. The maximum atomic E-state index is 12.0. The number of carbonyl (C=O) groups is 2. The van der Waals surface area contributed by atoms with Crippen molar-refractivity contribution in [3.05, 3.63) is 21.3 Å². The number of nitrogens with one attached hydrogen (secondary N) is 1. The van der Waals surface area contributed by atoms with Crippen molar-refractivity contribution in [3.8, 4) is 0 Å². The van der Waals surface area contributed by atoms with Gasteiger partial charge in [0, 0.05) is 17.5 Å². The van der Waals surface area contributed by atoms with Crippen LogP contribution in [-0.4, -0.2) is 28.8 Å². The predicted octanol–water partition coefficient (Wildman–Crippen LogP) is 2.03. The van der Waals surface area contributed by atoms with Gasteiger partial charge in [0.1, 0.15) is 0 Å². The number of carbonyl (C=O) groups excluding carboxylic acids is 2. The van der Waals surface area contributed by atoms with Gasteiger partial charge in [0.05, 0.1) is 16.8 Å². The van der Waals surface area contributed by atoms with E-state index in [1.165, 1.54) is 16.2 Å². The van der Waals surface area contributed by atoms with Crippen molar-refractivity contribution in [3.63, 3.8) is 0 Å². The van der Waals surface area contributed by atoms with E-state index in [-0.39, 0.29) is 24.3 Å². The number of imide groups is 1. The summed E-state index contributed by atoms with van der Waals surface area (Å²) < 4.78 is 0.726. The molecule has 0 radical (unpaired) electrons. The summed E-state index contributed by atoms with van der Waals surface area (Å²) in [5.74, 6) is -0.227. The van der Waals surface area contributed by atoms with Crippen LogP contribution < -0.4 is 5.32 Å². The van der Waals surface area contributed by atoms with E-state index in [2.05, 4.69) is 5.32 Å². The molecule has 2 heterocycles. The normalized spacial score (nSPS) is 20.2. The first kappa shape index (κ1) is 13.5. The van der Waals surface area contributed by atoms with Gasteiger partial charge in [0.25, 0.3) is 0 Å². The summed E-state index contributed by atoms with van der Waals surface area (Å²) in [5.41, 5.74) is 0. The van der Waals surface area contributed by atoms with E-state index in [0.717, 1.165) is 9.21 Å². The average Bonchev–Trinajstić information content (AvgIpc) is 2.80. The molecule has 0 saturated carbocycles. The zero-order valence-corrected chi connectivity index (χ0v) is 11.8. The van der Waals surface area contributed by atoms with Gasteiger partial charge in [-0.3, -0.25) is 14.5 Å². The molecule has 0 spiro atoms. The van der Waals surface area contributed by atoms with E-state index in [4.69, 9.17) is 11.6 Å². The maximum Gasteiger partial charge on any atom is 0.247 e. The molecule has 98 valence electrons. The molecule has 6 heteroatoms. The highest BCUT2D eigenvalue weighted by Crippen LogP contribution is 2.22. The van der Waals surface area contributed by atoms with Crippen molar-refractivity contribution in [2.45, 2.75) is 38.9 Å². The van der Waals surface area contributed by atoms with Crippen LogP contribution in [0.1, 0.15) is 25.1 Å². The highest BCUT2D eigenvalue weighted by atomic mass is 35.5. The lowest BCUT2D eigenvalue weighted by Gasteiger charge is -2.19. The quantitative estimate of drug-likeness (QED) is 0.862. The number of hydrogen-bond acceptors (Lipinski definition) is 4. The van der Waals surface area contributed by atoms with Crippen LogP contribution in [0.5, 0.6) is 0 Å². The lowest BCUT2D eigenvalue weighted by atomic mass is 10.2. The summed E-state index contributed by atoms with van der Waals surface area (Å²) in [5, 5.41) is 3.12. The van der Waals surface area contributed by atoms with Gasteiger partial charge < -0.3 is 5.32 Å². The Hall–Kier alpha value is -0.910. The molecule has 0 aromatic carbocycles. The smallest absolute Gasteiger partial charge is 0.247 e. The van der Waals surface area contributed by atoms with Crippen molar-refractivity contribution in [2.75, 3.05) is 0 Å². The maximum absolute atomic E-state index is 12.0. The van der Waals surface area contributed by atoms with Gasteiger partial charge in [-0.1, -0.05) is 11.6 Å². The minimum Gasteiger partial charge on any atom is -0.300 e. The second-order valence-corrected chi connectivity index (χ2v) is 6.34. The van der Waals surface area contributed by atoms with Crippen molar-refractivity contribution in [1.82, 2.24) is 10.2 Å². The van der Waals surface area contributed by atoms with Gasteiger partial charge in [0.15, 0.2) is 0 Å². The van der Waals surface area contributed by atoms with E-state index < -0.39 is 6.04 Å². The molecule has 1 aromatic heterocycles. The largest absolute Gasteiger partial charge is 0.300 e. The summed E-state index contributed by atoms with van der Waals surface area (Å²) in [7, 11) is 0. The van der Waals surface area contributed by atoms with Crippen molar-refractivity contribution >= 4 is 34.8 Å². The van der Waals surface area contributed by atoms with Gasteiger partial charge in [-0.05, 0) is 26.0 Å². The van der Waals surface area contributed by atoms with Crippen LogP contribution in [0.4, 0.5) is 0 Å². The number of nitrogens with zero attached hydrogens (tertiary/aromatic N) is 1. The van der Waals surface area contributed by atoms with Gasteiger partial charge in [-0.2, -0.15) is 0 Å². The number of hydrogen-bond donors (Lipinski definition) is 1. The van der Waals surface area contributed by atoms with Crippen LogP contribution in [0.25, 0.3) is 0 Å². The Morgan fingerprint density at radius 3 is 2.72 bits per heavy atom. The Morgan fingerprint density at radius 2 is 2.22 bits per heavy atom. The molecule has 2 amide bonds. The second-order valence-electron chi connectivity index (χ2n) is 4.54. The Morgan fingerprint density at radius 1 is 1.50 bits per heavy atom. The molecule has 0 bridgehead atoms. The SMILES string of the molecule is CC(C)N1C(=O)CC(NCc2ccc(Cl)s2)C1=O. The number of rotatable bonds is 4. The zero-order valence-electron chi connectivity index (χ0n) is 10.3. The average molecular weight is 287 g/mol. The van der Waals surface area contributed by atoms with Gasteiger partial charge in [-0.15, -0.1) is 11.3 Å². The molecule has 1 aliphatic heterocycles. The molecule has 1 fully saturated rings. The molecule has 1 N–H and O–H groups in total. The fourth-order valence-corrected chi connectivity index (χ4v) is 3.06. The lowest BCUT2D eigenvalue weighted by Crippen LogP contribution is -2.41.